The molecule has 0 amide bonds. The normalized spacial score (nSPS) is 11.7. The van der Waals surface area contributed by atoms with E-state index in [0.717, 1.165) is 32.3 Å². The topological polar surface area (TPSA) is 99.1 Å². The first-order valence-corrected chi connectivity index (χ1v) is 10.9. The summed E-state index contributed by atoms with van der Waals surface area (Å²) < 4.78 is 24.4. The van der Waals surface area contributed by atoms with E-state index in [0.29, 0.717) is 16.4 Å². The maximum absolute atomic E-state index is 11.7. The molecule has 0 atom stereocenters. The van der Waals surface area contributed by atoms with Crippen LogP contribution in [0, 0.1) is 0 Å². The number of benzene rings is 2. The van der Waals surface area contributed by atoms with E-state index >= 15 is 0 Å². The molecule has 2 aromatic heterocycles. The van der Waals surface area contributed by atoms with Crippen molar-refractivity contribution < 1.29 is 8.42 Å². The summed E-state index contributed by atoms with van der Waals surface area (Å²) >= 11 is 1.59. The van der Waals surface area contributed by atoms with Crippen molar-refractivity contribution in [2.24, 2.45) is 0 Å². The number of rotatable bonds is 3. The third kappa shape index (κ3) is 3.15. The van der Waals surface area contributed by atoms with Crippen molar-refractivity contribution >= 4 is 42.8 Å². The molecule has 0 spiro atoms. The van der Waals surface area contributed by atoms with Crippen LogP contribution < -0.4 is 11.5 Å². The second kappa shape index (κ2) is 6.37. The number of nitrogens with two attached hydrogens (primary N) is 2. The van der Waals surface area contributed by atoms with Crippen molar-refractivity contribution in [1.29, 1.82) is 0 Å². The van der Waals surface area contributed by atoms with Crippen LogP contribution in [0.2, 0.25) is 0 Å². The quantitative estimate of drug-likeness (QED) is 0.507. The summed E-state index contributed by atoms with van der Waals surface area (Å²) in [6.07, 6.45) is 2.93. The molecule has 0 radical (unpaired) electrons. The van der Waals surface area contributed by atoms with Crippen molar-refractivity contribution in [2.75, 3.05) is 17.7 Å². The van der Waals surface area contributed by atoms with Crippen LogP contribution in [0.25, 0.3) is 32.3 Å². The molecule has 4 aromatic rings. The molecular weight excluding hydrogens is 378 g/mol. The number of hydrogen-bond donors (Lipinski definition) is 2. The lowest BCUT2D eigenvalue weighted by Crippen LogP contribution is -1.96. The SMILES string of the molecule is CS(=O)(=O)c1ccc(-c2cnc(N)c3c(-c4ccc(N)cc4)csc23)cc1. The monoisotopic (exact) mass is 395 g/mol. The molecule has 2 heterocycles. The number of aromatic nitrogens is 1. The average Bonchev–Trinajstić information content (AvgIpc) is 3.08. The smallest absolute Gasteiger partial charge is 0.175 e. The van der Waals surface area contributed by atoms with E-state index in [4.69, 9.17) is 11.5 Å². The Morgan fingerprint density at radius 3 is 2.11 bits per heavy atom. The predicted molar refractivity (Wildman–Crippen MR) is 112 cm³/mol. The van der Waals surface area contributed by atoms with Crippen molar-refractivity contribution in [3.05, 3.63) is 60.1 Å². The standard InChI is InChI=1S/C20H17N3O2S2/c1-27(24,25)15-8-4-12(5-9-15)16-10-23-20(22)18-17(11-26-19(16)18)13-2-6-14(21)7-3-13/h2-11H,21H2,1H3,(H2,22,23). The molecule has 0 fully saturated rings. The lowest BCUT2D eigenvalue weighted by Gasteiger charge is -2.08. The van der Waals surface area contributed by atoms with E-state index < -0.39 is 9.84 Å². The number of fused-ring (bicyclic) bond motifs is 1. The summed E-state index contributed by atoms with van der Waals surface area (Å²) in [4.78, 5) is 4.66. The van der Waals surface area contributed by atoms with Gasteiger partial charge in [-0.3, -0.25) is 0 Å². The fourth-order valence-corrected chi connectivity index (χ4v) is 4.78. The van der Waals surface area contributed by atoms with E-state index in [-0.39, 0.29) is 0 Å². The molecule has 0 aliphatic rings. The maximum Gasteiger partial charge on any atom is 0.175 e. The van der Waals surface area contributed by atoms with Crippen LogP contribution in [0.1, 0.15) is 0 Å². The zero-order valence-electron chi connectivity index (χ0n) is 14.5. The Labute approximate surface area is 161 Å². The molecule has 4 N–H and O–H groups in total. The Morgan fingerprint density at radius 1 is 0.889 bits per heavy atom. The second-order valence-electron chi connectivity index (χ2n) is 6.33. The lowest BCUT2D eigenvalue weighted by atomic mass is 10.0. The van der Waals surface area contributed by atoms with Gasteiger partial charge in [-0.25, -0.2) is 13.4 Å². The summed E-state index contributed by atoms with van der Waals surface area (Å²) in [6, 6.07) is 14.5. The highest BCUT2D eigenvalue weighted by molar-refractivity contribution is 7.90. The Morgan fingerprint density at radius 2 is 1.48 bits per heavy atom. The Hall–Kier alpha value is -2.90. The van der Waals surface area contributed by atoms with E-state index in [9.17, 15) is 8.42 Å². The minimum atomic E-state index is -3.23. The third-order valence-electron chi connectivity index (χ3n) is 4.44. The van der Waals surface area contributed by atoms with Gasteiger partial charge in [0.05, 0.1) is 4.90 Å². The molecule has 0 aliphatic carbocycles. The zero-order chi connectivity index (χ0) is 19.2. The van der Waals surface area contributed by atoms with E-state index in [2.05, 4.69) is 10.4 Å². The minimum Gasteiger partial charge on any atom is -0.399 e. The molecule has 136 valence electrons. The fraction of sp³-hybridized carbons (Fsp3) is 0.0500. The van der Waals surface area contributed by atoms with Gasteiger partial charge in [-0.15, -0.1) is 11.3 Å². The van der Waals surface area contributed by atoms with Gasteiger partial charge in [-0.05, 0) is 40.8 Å². The van der Waals surface area contributed by atoms with Gasteiger partial charge < -0.3 is 11.5 Å². The number of hydrogen-bond acceptors (Lipinski definition) is 6. The molecule has 0 bridgehead atoms. The Balaban J connectivity index is 1.89. The van der Waals surface area contributed by atoms with Crippen molar-refractivity contribution in [1.82, 2.24) is 4.98 Å². The van der Waals surface area contributed by atoms with Gasteiger partial charge in [0.25, 0.3) is 0 Å². The van der Waals surface area contributed by atoms with Crippen LogP contribution >= 0.6 is 11.3 Å². The molecular formula is C20H17N3O2S2. The van der Waals surface area contributed by atoms with Gasteiger partial charge in [-0.2, -0.15) is 0 Å². The number of pyridine rings is 1. The van der Waals surface area contributed by atoms with E-state index in [1.54, 1.807) is 41.8 Å². The fourth-order valence-electron chi connectivity index (χ4n) is 3.03. The predicted octanol–water partition coefficient (Wildman–Crippen LogP) is 4.20. The van der Waals surface area contributed by atoms with E-state index in [1.165, 1.54) is 6.26 Å². The molecule has 2 aromatic carbocycles. The highest BCUT2D eigenvalue weighted by atomic mass is 32.2. The summed E-state index contributed by atoms with van der Waals surface area (Å²) in [7, 11) is -3.23. The first-order chi connectivity index (χ1) is 12.8. The average molecular weight is 396 g/mol. The van der Waals surface area contributed by atoms with Crippen LogP contribution in [-0.4, -0.2) is 19.7 Å². The molecule has 0 aliphatic heterocycles. The van der Waals surface area contributed by atoms with Gasteiger partial charge in [0.1, 0.15) is 5.82 Å². The van der Waals surface area contributed by atoms with Crippen molar-refractivity contribution in [3.63, 3.8) is 0 Å². The molecule has 0 saturated heterocycles. The Kier molecular flexibility index (Phi) is 4.13. The second-order valence-corrected chi connectivity index (χ2v) is 9.22. The van der Waals surface area contributed by atoms with Crippen LogP contribution in [0.15, 0.2) is 65.0 Å². The number of anilines is 2. The maximum atomic E-state index is 11.7. The molecule has 0 saturated carbocycles. The van der Waals surface area contributed by atoms with Crippen molar-refractivity contribution in [3.8, 4) is 22.3 Å². The highest BCUT2D eigenvalue weighted by Crippen LogP contribution is 2.41. The van der Waals surface area contributed by atoms with Crippen LogP contribution in [-0.2, 0) is 9.84 Å². The van der Waals surface area contributed by atoms with E-state index in [1.807, 2.05) is 24.3 Å². The highest BCUT2D eigenvalue weighted by Gasteiger charge is 2.15. The summed E-state index contributed by atoms with van der Waals surface area (Å²) in [6.45, 7) is 0. The third-order valence-corrected chi connectivity index (χ3v) is 6.58. The van der Waals surface area contributed by atoms with Gasteiger partial charge in [0.2, 0.25) is 0 Å². The summed E-state index contributed by atoms with van der Waals surface area (Å²) in [5.74, 6) is 0.467. The minimum absolute atomic E-state index is 0.291. The van der Waals surface area contributed by atoms with Crippen LogP contribution in [0.3, 0.4) is 0 Å². The number of nitrogen functional groups attached to an aromatic ring is 2. The van der Waals surface area contributed by atoms with Gasteiger partial charge in [0.15, 0.2) is 9.84 Å². The van der Waals surface area contributed by atoms with Crippen molar-refractivity contribution in [2.45, 2.75) is 4.90 Å². The first kappa shape index (κ1) is 17.5. The first-order valence-electron chi connectivity index (χ1n) is 8.16. The Bertz CT molecular complexity index is 1240. The largest absolute Gasteiger partial charge is 0.399 e. The molecule has 27 heavy (non-hydrogen) atoms. The number of nitrogens with zero attached hydrogens (tertiary/aromatic N) is 1. The summed E-state index contributed by atoms with van der Waals surface area (Å²) in [5.41, 5.74) is 16.5. The summed E-state index contributed by atoms with van der Waals surface area (Å²) in [5, 5.41) is 2.96. The van der Waals surface area contributed by atoms with Crippen LogP contribution in [0.5, 0.6) is 0 Å². The molecule has 7 heteroatoms. The lowest BCUT2D eigenvalue weighted by molar-refractivity contribution is 0.602. The number of sulfone groups is 1. The molecule has 0 unspecified atom stereocenters. The van der Waals surface area contributed by atoms with Gasteiger partial charge in [0, 0.05) is 39.4 Å². The molecule has 4 rings (SSSR count). The van der Waals surface area contributed by atoms with Gasteiger partial charge >= 0.3 is 0 Å². The molecule has 5 nitrogen and oxygen atoms in total. The van der Waals surface area contributed by atoms with Gasteiger partial charge in [-0.1, -0.05) is 24.3 Å². The zero-order valence-corrected chi connectivity index (χ0v) is 16.1. The number of thiophene rings is 1. The van der Waals surface area contributed by atoms with Crippen LogP contribution in [0.4, 0.5) is 11.5 Å².